The van der Waals surface area contributed by atoms with Crippen LogP contribution in [-0.2, 0) is 6.42 Å². The highest BCUT2D eigenvalue weighted by atomic mass is 79.9. The monoisotopic (exact) mass is 234 g/mol. The van der Waals surface area contributed by atoms with Crippen LogP contribution in [0.3, 0.4) is 0 Å². The van der Waals surface area contributed by atoms with Gasteiger partial charge in [0.05, 0.1) is 6.20 Å². The molecule has 1 aliphatic rings. The van der Waals surface area contributed by atoms with Crippen molar-refractivity contribution in [2.24, 2.45) is 0 Å². The van der Waals surface area contributed by atoms with Crippen LogP contribution in [-0.4, -0.2) is 10.2 Å². The summed E-state index contributed by atoms with van der Waals surface area (Å²) in [5.74, 6) is 0. The second-order valence-corrected chi connectivity index (χ2v) is 4.16. The lowest BCUT2D eigenvalue weighted by Gasteiger charge is -1.98. The van der Waals surface area contributed by atoms with E-state index in [1.165, 1.54) is 22.4 Å². The number of halogens is 1. The Hall–Kier alpha value is -1.09. The van der Waals surface area contributed by atoms with Gasteiger partial charge in [-0.2, -0.15) is 5.10 Å². The molecule has 0 atom stereocenters. The van der Waals surface area contributed by atoms with Crippen molar-refractivity contribution < 1.29 is 0 Å². The highest BCUT2D eigenvalue weighted by molar-refractivity contribution is 9.10. The van der Waals surface area contributed by atoms with E-state index in [-0.39, 0.29) is 0 Å². The number of hydrogen-bond donors (Lipinski definition) is 1. The molecule has 0 aliphatic heterocycles. The fraction of sp³-hybridized carbons (Fsp3) is 0.100. The standard InChI is InChI=1S/C10H7BrN2/c11-7-1-2-8-6(3-7)4-10-9(8)5-12-13-10/h1-3,5H,4H2,(H,12,13). The van der Waals surface area contributed by atoms with Crippen molar-refractivity contribution in [1.82, 2.24) is 10.2 Å². The zero-order valence-electron chi connectivity index (χ0n) is 6.84. The van der Waals surface area contributed by atoms with Crippen LogP contribution in [0.15, 0.2) is 28.9 Å². The molecule has 1 heterocycles. The topological polar surface area (TPSA) is 28.7 Å². The lowest BCUT2D eigenvalue weighted by Crippen LogP contribution is -1.82. The molecule has 64 valence electrons. The molecule has 0 amide bonds. The first-order valence-corrected chi connectivity index (χ1v) is 4.95. The van der Waals surface area contributed by atoms with Crippen LogP contribution in [0.25, 0.3) is 11.1 Å². The third-order valence-corrected chi connectivity index (χ3v) is 2.94. The lowest BCUT2D eigenvalue weighted by molar-refractivity contribution is 1.01. The molecule has 0 spiro atoms. The summed E-state index contributed by atoms with van der Waals surface area (Å²) in [6.45, 7) is 0. The molecule has 0 radical (unpaired) electrons. The number of H-pyrrole nitrogens is 1. The minimum absolute atomic E-state index is 0.976. The third-order valence-electron chi connectivity index (χ3n) is 2.44. The molecule has 0 bridgehead atoms. The molecule has 1 aromatic heterocycles. The average molecular weight is 235 g/mol. The molecule has 2 aromatic rings. The van der Waals surface area contributed by atoms with Crippen molar-refractivity contribution in [3.05, 3.63) is 40.1 Å². The van der Waals surface area contributed by atoms with Gasteiger partial charge in [0.25, 0.3) is 0 Å². The highest BCUT2D eigenvalue weighted by Crippen LogP contribution is 2.36. The van der Waals surface area contributed by atoms with E-state index < -0.39 is 0 Å². The van der Waals surface area contributed by atoms with Crippen LogP contribution in [0.5, 0.6) is 0 Å². The first-order chi connectivity index (χ1) is 6.34. The summed E-state index contributed by atoms with van der Waals surface area (Å²) >= 11 is 3.47. The molecule has 3 heteroatoms. The largest absolute Gasteiger partial charge is 0.282 e. The van der Waals surface area contributed by atoms with E-state index in [2.05, 4.69) is 44.3 Å². The maximum absolute atomic E-state index is 4.03. The average Bonchev–Trinajstić information content (AvgIpc) is 2.62. The van der Waals surface area contributed by atoms with Crippen LogP contribution >= 0.6 is 15.9 Å². The van der Waals surface area contributed by atoms with E-state index >= 15 is 0 Å². The van der Waals surface area contributed by atoms with Gasteiger partial charge in [0.15, 0.2) is 0 Å². The Morgan fingerprint density at radius 2 is 2.23 bits per heavy atom. The fourth-order valence-corrected chi connectivity index (χ4v) is 2.25. The summed E-state index contributed by atoms with van der Waals surface area (Å²) < 4.78 is 1.14. The van der Waals surface area contributed by atoms with E-state index in [9.17, 15) is 0 Å². The number of benzene rings is 1. The van der Waals surface area contributed by atoms with Crippen LogP contribution in [0.4, 0.5) is 0 Å². The first kappa shape index (κ1) is 7.33. The Morgan fingerprint density at radius 1 is 1.31 bits per heavy atom. The van der Waals surface area contributed by atoms with Crippen molar-refractivity contribution >= 4 is 15.9 Å². The Bertz CT molecular complexity index is 474. The van der Waals surface area contributed by atoms with E-state index in [0.717, 1.165) is 10.9 Å². The van der Waals surface area contributed by atoms with Crippen LogP contribution in [0.1, 0.15) is 11.3 Å². The predicted octanol–water partition coefficient (Wildman–Crippen LogP) is 2.74. The minimum atomic E-state index is 0.976. The number of fused-ring (bicyclic) bond motifs is 3. The van der Waals surface area contributed by atoms with Gasteiger partial charge in [0.2, 0.25) is 0 Å². The normalized spacial score (nSPS) is 12.7. The fourth-order valence-electron chi connectivity index (χ4n) is 1.84. The van der Waals surface area contributed by atoms with Crippen molar-refractivity contribution in [3.63, 3.8) is 0 Å². The number of aromatic amines is 1. The quantitative estimate of drug-likeness (QED) is 0.637. The summed E-state index contributed by atoms with van der Waals surface area (Å²) in [4.78, 5) is 0. The van der Waals surface area contributed by atoms with Gasteiger partial charge < -0.3 is 0 Å². The molecule has 0 saturated heterocycles. The molecule has 1 aliphatic carbocycles. The van der Waals surface area contributed by atoms with Gasteiger partial charge >= 0.3 is 0 Å². The zero-order chi connectivity index (χ0) is 8.84. The molecule has 0 fully saturated rings. The Kier molecular flexibility index (Phi) is 1.38. The maximum atomic E-state index is 4.03. The molecule has 1 aromatic carbocycles. The Balaban J connectivity index is 2.29. The summed E-state index contributed by atoms with van der Waals surface area (Å²) in [6, 6.07) is 6.38. The van der Waals surface area contributed by atoms with Crippen molar-refractivity contribution in [3.8, 4) is 11.1 Å². The van der Waals surface area contributed by atoms with Crippen molar-refractivity contribution in [1.29, 1.82) is 0 Å². The van der Waals surface area contributed by atoms with Crippen LogP contribution in [0, 0.1) is 0 Å². The molecule has 1 N–H and O–H groups in total. The Morgan fingerprint density at radius 3 is 3.15 bits per heavy atom. The van der Waals surface area contributed by atoms with Gasteiger partial charge in [-0.05, 0) is 23.3 Å². The van der Waals surface area contributed by atoms with E-state index in [4.69, 9.17) is 0 Å². The SMILES string of the molecule is Brc1ccc2c(c1)Cc1[nH]ncc1-2. The van der Waals surface area contributed by atoms with E-state index in [1.807, 2.05) is 6.20 Å². The molecule has 2 nitrogen and oxygen atoms in total. The molecule has 0 saturated carbocycles. The first-order valence-electron chi connectivity index (χ1n) is 4.15. The van der Waals surface area contributed by atoms with Gasteiger partial charge in [-0.3, -0.25) is 5.10 Å². The summed E-state index contributed by atoms with van der Waals surface area (Å²) in [7, 11) is 0. The third kappa shape index (κ3) is 0.968. The maximum Gasteiger partial charge on any atom is 0.0568 e. The lowest BCUT2D eigenvalue weighted by atomic mass is 10.1. The summed E-state index contributed by atoms with van der Waals surface area (Å²) in [5.41, 5.74) is 5.17. The number of nitrogens with one attached hydrogen (secondary N) is 1. The van der Waals surface area contributed by atoms with Crippen LogP contribution in [0.2, 0.25) is 0 Å². The van der Waals surface area contributed by atoms with Crippen molar-refractivity contribution in [2.75, 3.05) is 0 Å². The molecule has 0 unspecified atom stereocenters. The second-order valence-electron chi connectivity index (χ2n) is 3.24. The predicted molar refractivity (Wildman–Crippen MR) is 54.5 cm³/mol. The molecular formula is C10H7BrN2. The Labute approximate surface area is 84.1 Å². The smallest absolute Gasteiger partial charge is 0.0568 e. The molecule has 3 rings (SSSR count). The van der Waals surface area contributed by atoms with Crippen molar-refractivity contribution in [2.45, 2.75) is 6.42 Å². The number of rotatable bonds is 0. The second kappa shape index (κ2) is 2.45. The minimum Gasteiger partial charge on any atom is -0.282 e. The van der Waals surface area contributed by atoms with Gasteiger partial charge in [-0.15, -0.1) is 0 Å². The number of aromatic nitrogens is 2. The summed E-state index contributed by atoms with van der Waals surface area (Å²) in [5, 5.41) is 7.05. The number of hydrogen-bond acceptors (Lipinski definition) is 1. The molecular weight excluding hydrogens is 228 g/mol. The molecule has 13 heavy (non-hydrogen) atoms. The van der Waals surface area contributed by atoms with E-state index in [0.29, 0.717) is 0 Å². The van der Waals surface area contributed by atoms with Gasteiger partial charge in [0, 0.05) is 22.2 Å². The van der Waals surface area contributed by atoms with Gasteiger partial charge in [-0.1, -0.05) is 22.0 Å². The highest BCUT2D eigenvalue weighted by Gasteiger charge is 2.19. The number of nitrogens with zero attached hydrogens (tertiary/aromatic N) is 1. The van der Waals surface area contributed by atoms with Gasteiger partial charge in [0.1, 0.15) is 0 Å². The van der Waals surface area contributed by atoms with Crippen LogP contribution < -0.4 is 0 Å². The zero-order valence-corrected chi connectivity index (χ0v) is 8.43. The summed E-state index contributed by atoms with van der Waals surface area (Å²) in [6.07, 6.45) is 2.87. The van der Waals surface area contributed by atoms with Gasteiger partial charge in [-0.25, -0.2) is 0 Å². The van der Waals surface area contributed by atoms with E-state index in [1.54, 1.807) is 0 Å².